The van der Waals surface area contributed by atoms with E-state index in [0.29, 0.717) is 6.42 Å². The Balaban J connectivity index is 2.23. The molecule has 0 saturated heterocycles. The molecule has 3 amide bonds. The van der Waals surface area contributed by atoms with Crippen molar-refractivity contribution in [2.45, 2.75) is 57.7 Å². The number of hydrogen-bond donors (Lipinski definition) is 7. The van der Waals surface area contributed by atoms with Gasteiger partial charge in [0.05, 0.1) is 6.04 Å². The maximum absolute atomic E-state index is 13.2. The molecular weight excluding hydrogens is 470 g/mol. The van der Waals surface area contributed by atoms with Crippen molar-refractivity contribution in [2.75, 3.05) is 6.54 Å². The summed E-state index contributed by atoms with van der Waals surface area (Å²) in [6.07, 6.45) is 1.90. The first-order valence-electron chi connectivity index (χ1n) is 11.7. The number of nitrogens with one attached hydrogen (secondary N) is 4. The van der Waals surface area contributed by atoms with Crippen LogP contribution in [0.4, 0.5) is 0 Å². The first-order valence-corrected chi connectivity index (χ1v) is 11.7. The molecule has 0 radical (unpaired) electrons. The molecule has 2 rings (SSSR count). The standard InChI is InChI=1S/C24H33N5O7/c1-3-13(2)21(29-22(34)16(25)8-9-19(30)31)24(36)28-18(23(35)27-12-20(32)33)10-14-11-26-17-7-5-4-6-15(14)17/h4-7,11,13,16,18,21,26H,3,8-10,12,25H2,1-2H3,(H,27,35)(H,28,36)(H,29,34)(H,30,31)(H,32,33). The number of carbonyl (C=O) groups is 5. The Morgan fingerprint density at radius 1 is 1.00 bits per heavy atom. The molecule has 8 N–H and O–H groups in total. The molecule has 196 valence electrons. The normalized spacial score (nSPS) is 14.3. The second-order valence-corrected chi connectivity index (χ2v) is 8.65. The molecule has 1 aromatic heterocycles. The number of aromatic amines is 1. The average molecular weight is 504 g/mol. The quantitative estimate of drug-likeness (QED) is 0.188. The Hall–Kier alpha value is -3.93. The predicted octanol–water partition coefficient (Wildman–Crippen LogP) is 0.119. The molecule has 2 aromatic rings. The van der Waals surface area contributed by atoms with E-state index < -0.39 is 54.3 Å². The zero-order chi connectivity index (χ0) is 26.8. The van der Waals surface area contributed by atoms with Crippen LogP contribution in [0.3, 0.4) is 0 Å². The van der Waals surface area contributed by atoms with Gasteiger partial charge in [0.15, 0.2) is 0 Å². The van der Waals surface area contributed by atoms with E-state index in [1.165, 1.54) is 0 Å². The molecule has 12 nitrogen and oxygen atoms in total. The molecule has 4 unspecified atom stereocenters. The van der Waals surface area contributed by atoms with Gasteiger partial charge in [-0.1, -0.05) is 38.5 Å². The Kier molecular flexibility index (Phi) is 10.4. The maximum Gasteiger partial charge on any atom is 0.322 e. The fourth-order valence-corrected chi connectivity index (χ4v) is 3.65. The van der Waals surface area contributed by atoms with Gasteiger partial charge >= 0.3 is 11.9 Å². The van der Waals surface area contributed by atoms with Crippen LogP contribution in [0.1, 0.15) is 38.7 Å². The van der Waals surface area contributed by atoms with Crippen LogP contribution in [0.15, 0.2) is 30.5 Å². The van der Waals surface area contributed by atoms with Gasteiger partial charge in [0.1, 0.15) is 18.6 Å². The van der Waals surface area contributed by atoms with E-state index >= 15 is 0 Å². The van der Waals surface area contributed by atoms with E-state index in [-0.39, 0.29) is 25.2 Å². The summed E-state index contributed by atoms with van der Waals surface area (Å²) >= 11 is 0. The number of aliphatic carboxylic acids is 2. The second-order valence-electron chi connectivity index (χ2n) is 8.65. The molecule has 36 heavy (non-hydrogen) atoms. The number of carboxylic acid groups (broad SMARTS) is 2. The highest BCUT2D eigenvalue weighted by Crippen LogP contribution is 2.19. The lowest BCUT2D eigenvalue weighted by atomic mass is 9.96. The summed E-state index contributed by atoms with van der Waals surface area (Å²) in [4.78, 5) is 63.4. The third-order valence-electron chi connectivity index (χ3n) is 5.94. The molecule has 0 aliphatic heterocycles. The van der Waals surface area contributed by atoms with Gasteiger partial charge < -0.3 is 36.9 Å². The third kappa shape index (κ3) is 8.08. The lowest BCUT2D eigenvalue weighted by Gasteiger charge is -2.27. The first-order chi connectivity index (χ1) is 17.0. The molecule has 1 aromatic carbocycles. The molecule has 1 heterocycles. The van der Waals surface area contributed by atoms with Crippen molar-refractivity contribution in [3.63, 3.8) is 0 Å². The highest BCUT2D eigenvalue weighted by Gasteiger charge is 2.31. The van der Waals surface area contributed by atoms with Crippen LogP contribution < -0.4 is 21.7 Å². The van der Waals surface area contributed by atoms with E-state index in [2.05, 4.69) is 20.9 Å². The number of carboxylic acids is 2. The first kappa shape index (κ1) is 28.3. The van der Waals surface area contributed by atoms with E-state index in [4.69, 9.17) is 15.9 Å². The fourth-order valence-electron chi connectivity index (χ4n) is 3.65. The molecule has 0 aliphatic rings. The number of amides is 3. The number of nitrogens with two attached hydrogens (primary N) is 1. The highest BCUT2D eigenvalue weighted by molar-refractivity contribution is 5.94. The lowest BCUT2D eigenvalue weighted by Crippen LogP contribution is -2.58. The highest BCUT2D eigenvalue weighted by atomic mass is 16.4. The van der Waals surface area contributed by atoms with Gasteiger partial charge in [0, 0.05) is 29.9 Å². The Bertz CT molecular complexity index is 1100. The summed E-state index contributed by atoms with van der Waals surface area (Å²) in [5, 5.41) is 26.1. The van der Waals surface area contributed by atoms with Gasteiger partial charge in [-0.25, -0.2) is 0 Å². The van der Waals surface area contributed by atoms with Crippen molar-refractivity contribution < 1.29 is 34.2 Å². The van der Waals surface area contributed by atoms with Gasteiger partial charge in [0.25, 0.3) is 0 Å². The van der Waals surface area contributed by atoms with Crippen LogP contribution >= 0.6 is 0 Å². The number of para-hydroxylation sites is 1. The van der Waals surface area contributed by atoms with Crippen LogP contribution in [-0.4, -0.2) is 69.5 Å². The summed E-state index contributed by atoms with van der Waals surface area (Å²) in [7, 11) is 0. The summed E-state index contributed by atoms with van der Waals surface area (Å²) in [5.74, 6) is -4.68. The van der Waals surface area contributed by atoms with Crippen molar-refractivity contribution in [3.8, 4) is 0 Å². The number of benzene rings is 1. The summed E-state index contributed by atoms with van der Waals surface area (Å²) in [6, 6.07) is 4.11. The number of aromatic nitrogens is 1. The summed E-state index contributed by atoms with van der Waals surface area (Å²) in [5.41, 5.74) is 7.36. The molecule has 0 aliphatic carbocycles. The van der Waals surface area contributed by atoms with Crippen LogP contribution in [-0.2, 0) is 30.4 Å². The lowest BCUT2D eigenvalue weighted by molar-refractivity contribution is -0.139. The molecular formula is C24H33N5O7. The zero-order valence-corrected chi connectivity index (χ0v) is 20.2. The predicted molar refractivity (Wildman–Crippen MR) is 131 cm³/mol. The summed E-state index contributed by atoms with van der Waals surface area (Å²) in [6.45, 7) is 2.94. The second kappa shape index (κ2) is 13.2. The van der Waals surface area contributed by atoms with Crippen LogP contribution in [0.2, 0.25) is 0 Å². The van der Waals surface area contributed by atoms with E-state index in [1.54, 1.807) is 13.1 Å². The number of rotatable bonds is 14. The van der Waals surface area contributed by atoms with Crippen LogP contribution in [0.5, 0.6) is 0 Å². The minimum absolute atomic E-state index is 0.0699. The number of carbonyl (C=O) groups excluding carboxylic acids is 3. The molecule has 0 bridgehead atoms. The third-order valence-corrected chi connectivity index (χ3v) is 5.94. The zero-order valence-electron chi connectivity index (χ0n) is 20.2. The largest absolute Gasteiger partial charge is 0.481 e. The van der Waals surface area contributed by atoms with Gasteiger partial charge in [-0.15, -0.1) is 0 Å². The molecule has 12 heteroatoms. The van der Waals surface area contributed by atoms with Crippen molar-refractivity contribution >= 4 is 40.6 Å². The topological polar surface area (TPSA) is 204 Å². The van der Waals surface area contributed by atoms with Gasteiger partial charge in [-0.05, 0) is 24.0 Å². The molecule has 0 spiro atoms. The van der Waals surface area contributed by atoms with Gasteiger partial charge in [0.2, 0.25) is 17.7 Å². The minimum atomic E-state index is -1.24. The van der Waals surface area contributed by atoms with E-state index in [1.807, 2.05) is 31.2 Å². The number of hydrogen-bond acceptors (Lipinski definition) is 6. The van der Waals surface area contributed by atoms with Crippen molar-refractivity contribution in [1.29, 1.82) is 0 Å². The average Bonchev–Trinajstić information content (AvgIpc) is 3.25. The monoisotopic (exact) mass is 503 g/mol. The number of H-pyrrole nitrogens is 1. The van der Waals surface area contributed by atoms with Gasteiger partial charge in [-0.3, -0.25) is 24.0 Å². The number of fused-ring (bicyclic) bond motifs is 1. The fraction of sp³-hybridized carbons (Fsp3) is 0.458. The van der Waals surface area contributed by atoms with Gasteiger partial charge in [-0.2, -0.15) is 0 Å². The molecule has 4 atom stereocenters. The van der Waals surface area contributed by atoms with Crippen molar-refractivity contribution in [3.05, 3.63) is 36.0 Å². The maximum atomic E-state index is 13.2. The Morgan fingerprint density at radius 2 is 1.69 bits per heavy atom. The van der Waals surface area contributed by atoms with E-state index in [9.17, 15) is 24.0 Å². The Morgan fingerprint density at radius 3 is 2.33 bits per heavy atom. The van der Waals surface area contributed by atoms with Crippen molar-refractivity contribution in [2.24, 2.45) is 11.7 Å². The minimum Gasteiger partial charge on any atom is -0.481 e. The Labute approximate surface area is 208 Å². The molecule has 0 saturated carbocycles. The van der Waals surface area contributed by atoms with Crippen LogP contribution in [0, 0.1) is 5.92 Å². The van der Waals surface area contributed by atoms with Crippen molar-refractivity contribution in [1.82, 2.24) is 20.9 Å². The summed E-state index contributed by atoms with van der Waals surface area (Å²) < 4.78 is 0. The van der Waals surface area contributed by atoms with Crippen LogP contribution in [0.25, 0.3) is 10.9 Å². The van der Waals surface area contributed by atoms with E-state index in [0.717, 1.165) is 16.5 Å². The molecule has 0 fully saturated rings. The SMILES string of the molecule is CCC(C)C(NC(=O)C(N)CCC(=O)O)C(=O)NC(Cc1c[nH]c2ccccc12)C(=O)NCC(=O)O. The smallest absolute Gasteiger partial charge is 0.322 e.